The topological polar surface area (TPSA) is 61.5 Å². The number of nitrogens with two attached hydrogens (primary N) is 1. The Bertz CT molecular complexity index is 447. The zero-order valence-electron chi connectivity index (χ0n) is 12.0. The lowest BCUT2D eigenvalue weighted by Crippen LogP contribution is -2.26. The second kappa shape index (κ2) is 7.29. The van der Waals surface area contributed by atoms with Crippen molar-refractivity contribution in [2.75, 3.05) is 13.2 Å². The smallest absolute Gasteiger partial charge is 0.344 e. The SMILES string of the molecule is CCOC(=O)COc1cccc(C2CCCC(N)C2)c1. The molecule has 0 amide bonds. The lowest BCUT2D eigenvalue weighted by molar-refractivity contribution is -0.145. The van der Waals surface area contributed by atoms with E-state index in [1.165, 1.54) is 18.4 Å². The number of hydrogen-bond acceptors (Lipinski definition) is 4. The summed E-state index contributed by atoms with van der Waals surface area (Å²) in [6, 6.07) is 8.27. The fourth-order valence-electron chi connectivity index (χ4n) is 2.73. The van der Waals surface area contributed by atoms with Gasteiger partial charge in [-0.1, -0.05) is 18.6 Å². The minimum absolute atomic E-state index is 0.0402. The van der Waals surface area contributed by atoms with Crippen molar-refractivity contribution in [1.29, 1.82) is 0 Å². The van der Waals surface area contributed by atoms with Crippen LogP contribution in [0.5, 0.6) is 5.75 Å². The Morgan fingerprint density at radius 2 is 2.25 bits per heavy atom. The van der Waals surface area contributed by atoms with Crippen molar-refractivity contribution >= 4 is 5.97 Å². The Labute approximate surface area is 120 Å². The summed E-state index contributed by atoms with van der Waals surface area (Å²) in [5, 5.41) is 0. The van der Waals surface area contributed by atoms with Gasteiger partial charge in [-0.3, -0.25) is 0 Å². The van der Waals surface area contributed by atoms with Crippen molar-refractivity contribution in [3.63, 3.8) is 0 Å². The van der Waals surface area contributed by atoms with Gasteiger partial charge in [0.1, 0.15) is 5.75 Å². The van der Waals surface area contributed by atoms with E-state index in [2.05, 4.69) is 6.07 Å². The maximum absolute atomic E-state index is 11.3. The van der Waals surface area contributed by atoms with Crippen molar-refractivity contribution in [2.24, 2.45) is 5.73 Å². The first-order valence-electron chi connectivity index (χ1n) is 7.33. The van der Waals surface area contributed by atoms with E-state index in [9.17, 15) is 4.79 Å². The van der Waals surface area contributed by atoms with Gasteiger partial charge in [0.25, 0.3) is 0 Å². The highest BCUT2D eigenvalue weighted by atomic mass is 16.6. The van der Waals surface area contributed by atoms with Crippen molar-refractivity contribution in [3.05, 3.63) is 29.8 Å². The zero-order chi connectivity index (χ0) is 14.4. The first-order chi connectivity index (χ1) is 9.69. The van der Waals surface area contributed by atoms with Crippen LogP contribution in [-0.2, 0) is 9.53 Å². The third-order valence-corrected chi connectivity index (χ3v) is 3.71. The molecule has 4 nitrogen and oxygen atoms in total. The second-order valence-electron chi connectivity index (χ2n) is 5.29. The van der Waals surface area contributed by atoms with E-state index in [4.69, 9.17) is 15.2 Å². The molecule has 2 N–H and O–H groups in total. The van der Waals surface area contributed by atoms with Crippen molar-refractivity contribution in [3.8, 4) is 5.75 Å². The second-order valence-corrected chi connectivity index (χ2v) is 5.29. The van der Waals surface area contributed by atoms with Gasteiger partial charge in [0.15, 0.2) is 6.61 Å². The zero-order valence-corrected chi connectivity index (χ0v) is 12.0. The molecule has 0 spiro atoms. The molecule has 2 atom stereocenters. The van der Waals surface area contributed by atoms with Gasteiger partial charge in [-0.25, -0.2) is 4.79 Å². The molecule has 2 rings (SSSR count). The molecule has 0 aromatic heterocycles. The van der Waals surface area contributed by atoms with Gasteiger partial charge >= 0.3 is 5.97 Å². The first kappa shape index (κ1) is 14.9. The Morgan fingerprint density at radius 1 is 1.40 bits per heavy atom. The summed E-state index contributed by atoms with van der Waals surface area (Å²) in [5.74, 6) is 0.886. The standard InChI is InChI=1S/C16H23NO3/c1-2-19-16(18)11-20-15-8-4-6-13(10-15)12-5-3-7-14(17)9-12/h4,6,8,10,12,14H,2-3,5,7,9,11,17H2,1H3. The van der Waals surface area contributed by atoms with Gasteiger partial charge in [0.2, 0.25) is 0 Å². The molecule has 2 unspecified atom stereocenters. The fourth-order valence-corrected chi connectivity index (χ4v) is 2.73. The van der Waals surface area contributed by atoms with E-state index in [1.807, 2.05) is 18.2 Å². The molecule has 0 radical (unpaired) electrons. The van der Waals surface area contributed by atoms with E-state index < -0.39 is 0 Å². The molecule has 0 heterocycles. The summed E-state index contributed by atoms with van der Waals surface area (Å²) in [7, 11) is 0. The maximum Gasteiger partial charge on any atom is 0.344 e. The van der Waals surface area contributed by atoms with Gasteiger partial charge in [0, 0.05) is 6.04 Å². The molecular weight excluding hydrogens is 254 g/mol. The highest BCUT2D eigenvalue weighted by Crippen LogP contribution is 2.33. The van der Waals surface area contributed by atoms with Crippen LogP contribution in [0.25, 0.3) is 0 Å². The molecule has 1 aliphatic rings. The molecule has 4 heteroatoms. The number of benzene rings is 1. The number of rotatable bonds is 5. The van der Waals surface area contributed by atoms with Crippen molar-refractivity contribution < 1.29 is 14.3 Å². The molecule has 1 fully saturated rings. The highest BCUT2D eigenvalue weighted by molar-refractivity contribution is 5.71. The minimum atomic E-state index is -0.336. The van der Waals surface area contributed by atoms with E-state index in [-0.39, 0.29) is 12.6 Å². The minimum Gasteiger partial charge on any atom is -0.482 e. The largest absolute Gasteiger partial charge is 0.482 e. The molecule has 0 aliphatic heterocycles. The van der Waals surface area contributed by atoms with Gasteiger partial charge in [0.05, 0.1) is 6.61 Å². The molecule has 1 aromatic carbocycles. The van der Waals surface area contributed by atoms with Crippen LogP contribution < -0.4 is 10.5 Å². The molecular formula is C16H23NO3. The summed E-state index contributed by atoms with van der Waals surface area (Å²) in [4.78, 5) is 11.3. The molecule has 0 saturated heterocycles. The van der Waals surface area contributed by atoms with Crippen LogP contribution in [0, 0.1) is 0 Å². The maximum atomic E-state index is 11.3. The lowest BCUT2D eigenvalue weighted by atomic mass is 9.82. The molecule has 110 valence electrons. The Morgan fingerprint density at radius 3 is 3.00 bits per heavy atom. The van der Waals surface area contributed by atoms with E-state index >= 15 is 0 Å². The molecule has 1 aliphatic carbocycles. The van der Waals surface area contributed by atoms with Crippen LogP contribution in [0.4, 0.5) is 0 Å². The van der Waals surface area contributed by atoms with Crippen LogP contribution in [0.15, 0.2) is 24.3 Å². The predicted octanol–water partition coefficient (Wildman–Crippen LogP) is 2.61. The van der Waals surface area contributed by atoms with Crippen molar-refractivity contribution in [2.45, 2.75) is 44.6 Å². The van der Waals surface area contributed by atoms with Gasteiger partial charge in [-0.2, -0.15) is 0 Å². The van der Waals surface area contributed by atoms with Crippen LogP contribution in [0.2, 0.25) is 0 Å². The molecule has 1 aromatic rings. The Hall–Kier alpha value is -1.55. The number of esters is 1. The van der Waals surface area contributed by atoms with Crippen molar-refractivity contribution in [1.82, 2.24) is 0 Å². The fraction of sp³-hybridized carbons (Fsp3) is 0.562. The normalized spacial score (nSPS) is 22.3. The lowest BCUT2D eigenvalue weighted by Gasteiger charge is -2.27. The summed E-state index contributed by atoms with van der Waals surface area (Å²) in [5.41, 5.74) is 7.29. The molecule has 1 saturated carbocycles. The quantitative estimate of drug-likeness (QED) is 0.840. The Kier molecular flexibility index (Phi) is 5.41. The summed E-state index contributed by atoms with van der Waals surface area (Å²) in [6.07, 6.45) is 4.51. The van der Waals surface area contributed by atoms with Crippen LogP contribution >= 0.6 is 0 Å². The van der Waals surface area contributed by atoms with Gasteiger partial charge < -0.3 is 15.2 Å². The average molecular weight is 277 g/mol. The van der Waals surface area contributed by atoms with Crippen LogP contribution in [0.1, 0.15) is 44.1 Å². The predicted molar refractivity (Wildman–Crippen MR) is 77.8 cm³/mol. The molecule has 0 bridgehead atoms. The monoisotopic (exact) mass is 277 g/mol. The number of ether oxygens (including phenoxy) is 2. The van der Waals surface area contributed by atoms with E-state index in [0.29, 0.717) is 18.6 Å². The van der Waals surface area contributed by atoms with Gasteiger partial charge in [-0.15, -0.1) is 0 Å². The first-order valence-corrected chi connectivity index (χ1v) is 7.33. The third kappa shape index (κ3) is 4.23. The number of carbonyl (C=O) groups is 1. The number of hydrogen-bond donors (Lipinski definition) is 1. The van der Waals surface area contributed by atoms with Gasteiger partial charge in [-0.05, 0) is 49.8 Å². The number of carbonyl (C=O) groups excluding carboxylic acids is 1. The van der Waals surface area contributed by atoms with E-state index in [1.54, 1.807) is 6.92 Å². The third-order valence-electron chi connectivity index (χ3n) is 3.71. The van der Waals surface area contributed by atoms with Crippen LogP contribution in [-0.4, -0.2) is 25.2 Å². The summed E-state index contributed by atoms with van der Waals surface area (Å²) < 4.78 is 10.3. The average Bonchev–Trinajstić information content (AvgIpc) is 2.46. The van der Waals surface area contributed by atoms with Crippen LogP contribution in [0.3, 0.4) is 0 Å². The molecule has 20 heavy (non-hydrogen) atoms. The Balaban J connectivity index is 1.95. The summed E-state index contributed by atoms with van der Waals surface area (Å²) in [6.45, 7) is 2.12. The van der Waals surface area contributed by atoms with E-state index in [0.717, 1.165) is 18.6 Å². The summed E-state index contributed by atoms with van der Waals surface area (Å²) >= 11 is 0. The highest BCUT2D eigenvalue weighted by Gasteiger charge is 2.20.